The van der Waals surface area contributed by atoms with E-state index in [0.717, 1.165) is 22.4 Å². The fourth-order valence-corrected chi connectivity index (χ4v) is 4.59. The number of imidazole rings is 1. The quantitative estimate of drug-likeness (QED) is 0.523. The summed E-state index contributed by atoms with van der Waals surface area (Å²) in [4.78, 5) is 8.83. The molecule has 0 aliphatic carbocycles. The first kappa shape index (κ1) is 18.6. The maximum absolute atomic E-state index is 12.6. The van der Waals surface area contributed by atoms with Gasteiger partial charge in [0.1, 0.15) is 10.7 Å². The number of benzene rings is 2. The molecule has 6 nitrogen and oxygen atoms in total. The van der Waals surface area contributed by atoms with Gasteiger partial charge in [0.2, 0.25) is 10.0 Å². The third-order valence-electron chi connectivity index (χ3n) is 4.35. The molecule has 0 bridgehead atoms. The summed E-state index contributed by atoms with van der Waals surface area (Å²) in [5, 5.41) is 0.195. The van der Waals surface area contributed by atoms with E-state index in [0.29, 0.717) is 6.54 Å². The van der Waals surface area contributed by atoms with E-state index in [-0.39, 0.29) is 16.5 Å². The number of hydrogen-bond acceptors (Lipinski definition) is 4. The molecule has 0 unspecified atom stereocenters. The van der Waals surface area contributed by atoms with E-state index in [2.05, 4.69) is 9.71 Å². The van der Waals surface area contributed by atoms with Gasteiger partial charge in [0.15, 0.2) is 0 Å². The predicted octanol–water partition coefficient (Wildman–Crippen LogP) is 3.73. The summed E-state index contributed by atoms with van der Waals surface area (Å²) in [7, 11) is -3.70. The molecule has 0 saturated carbocycles. The smallest absolute Gasteiger partial charge is 0.242 e. The molecular formula is C20H17ClN4O2S. The molecule has 8 heteroatoms. The second kappa shape index (κ2) is 7.71. The van der Waals surface area contributed by atoms with Crippen molar-refractivity contribution in [1.82, 2.24) is 19.3 Å². The number of halogens is 1. The Balaban J connectivity index is 1.63. The van der Waals surface area contributed by atoms with Crippen LogP contribution in [0.4, 0.5) is 0 Å². The molecule has 0 aliphatic heterocycles. The first-order valence-electron chi connectivity index (χ1n) is 8.66. The number of para-hydroxylation sites is 2. The average Bonchev–Trinajstić information content (AvgIpc) is 3.07. The predicted molar refractivity (Wildman–Crippen MR) is 110 cm³/mol. The Morgan fingerprint density at radius 1 is 0.964 bits per heavy atom. The second-order valence-corrected chi connectivity index (χ2v) is 8.28. The van der Waals surface area contributed by atoms with Crippen LogP contribution in [0.25, 0.3) is 22.4 Å². The number of rotatable bonds is 6. The summed E-state index contributed by atoms with van der Waals surface area (Å²) in [6.07, 6.45) is 3.41. The molecule has 0 aliphatic rings. The van der Waals surface area contributed by atoms with Gasteiger partial charge in [-0.25, -0.2) is 18.1 Å². The third-order valence-corrected chi connectivity index (χ3v) is 6.31. The maximum atomic E-state index is 12.6. The molecule has 0 amide bonds. The minimum absolute atomic E-state index is 0.0708. The molecule has 142 valence electrons. The maximum Gasteiger partial charge on any atom is 0.242 e. The number of nitrogens with zero attached hydrogens (tertiary/aromatic N) is 3. The molecular weight excluding hydrogens is 396 g/mol. The number of aromatic nitrogens is 3. The fourth-order valence-electron chi connectivity index (χ4n) is 3.06. The first-order chi connectivity index (χ1) is 13.6. The molecule has 2 aromatic carbocycles. The van der Waals surface area contributed by atoms with Gasteiger partial charge in [0, 0.05) is 31.0 Å². The largest absolute Gasteiger partial charge is 0.323 e. The van der Waals surface area contributed by atoms with Gasteiger partial charge in [-0.3, -0.25) is 4.98 Å². The minimum Gasteiger partial charge on any atom is -0.323 e. The van der Waals surface area contributed by atoms with E-state index in [1.165, 1.54) is 6.07 Å². The summed E-state index contributed by atoms with van der Waals surface area (Å²) < 4.78 is 29.8. The van der Waals surface area contributed by atoms with Crippen LogP contribution in [-0.4, -0.2) is 29.5 Å². The number of nitrogens with one attached hydrogen (secondary N) is 1. The van der Waals surface area contributed by atoms with Crippen LogP contribution in [0, 0.1) is 0 Å². The van der Waals surface area contributed by atoms with Crippen molar-refractivity contribution < 1.29 is 8.42 Å². The Morgan fingerprint density at radius 3 is 2.46 bits per heavy atom. The molecule has 4 rings (SSSR count). The van der Waals surface area contributed by atoms with Crippen molar-refractivity contribution in [1.29, 1.82) is 0 Å². The first-order valence-corrected chi connectivity index (χ1v) is 10.5. The lowest BCUT2D eigenvalue weighted by Crippen LogP contribution is -2.27. The molecule has 0 spiro atoms. The molecule has 0 saturated heterocycles. The van der Waals surface area contributed by atoms with Crippen molar-refractivity contribution in [3.05, 3.63) is 78.1 Å². The number of hydrogen-bond donors (Lipinski definition) is 1. The monoisotopic (exact) mass is 412 g/mol. The van der Waals surface area contributed by atoms with Gasteiger partial charge < -0.3 is 4.57 Å². The van der Waals surface area contributed by atoms with Crippen LogP contribution >= 0.6 is 11.6 Å². The molecule has 2 heterocycles. The lowest BCUT2D eigenvalue weighted by Gasteiger charge is -2.11. The van der Waals surface area contributed by atoms with Crippen molar-refractivity contribution in [3.63, 3.8) is 0 Å². The van der Waals surface area contributed by atoms with Crippen LogP contribution in [-0.2, 0) is 16.6 Å². The molecule has 4 aromatic rings. The Hall–Kier alpha value is -2.74. The minimum atomic E-state index is -3.70. The normalized spacial score (nSPS) is 11.8. The Bertz CT molecular complexity index is 1220. The number of fused-ring (bicyclic) bond motifs is 1. The summed E-state index contributed by atoms with van der Waals surface area (Å²) in [5.41, 5.74) is 2.70. The van der Waals surface area contributed by atoms with Gasteiger partial charge in [-0.15, -0.1) is 0 Å². The van der Waals surface area contributed by atoms with Crippen molar-refractivity contribution in [2.24, 2.45) is 0 Å². The number of pyridine rings is 1. The number of sulfonamides is 1. The highest BCUT2D eigenvalue weighted by molar-refractivity contribution is 7.89. The highest BCUT2D eigenvalue weighted by Crippen LogP contribution is 2.24. The Morgan fingerprint density at radius 2 is 1.68 bits per heavy atom. The fraction of sp³-hybridized carbons (Fsp3) is 0.100. The SMILES string of the molecule is O=S(=O)(NCCn1c(-c2ccncc2)nc2ccccc21)c1ccccc1Cl. The van der Waals surface area contributed by atoms with E-state index >= 15 is 0 Å². The standard InChI is InChI=1S/C20H17ClN4O2S/c21-16-5-1-4-8-19(16)28(26,27)23-13-14-25-18-7-3-2-6-17(18)24-20(25)15-9-11-22-12-10-15/h1-12,23H,13-14H2. The second-order valence-electron chi connectivity index (χ2n) is 6.14. The molecule has 1 N–H and O–H groups in total. The van der Waals surface area contributed by atoms with Crippen LogP contribution in [0.2, 0.25) is 5.02 Å². The van der Waals surface area contributed by atoms with E-state index < -0.39 is 10.0 Å². The van der Waals surface area contributed by atoms with Crippen LogP contribution in [0.15, 0.2) is 78.0 Å². The van der Waals surface area contributed by atoms with Crippen LogP contribution in [0.1, 0.15) is 0 Å². The lowest BCUT2D eigenvalue weighted by atomic mass is 10.2. The van der Waals surface area contributed by atoms with E-state index in [9.17, 15) is 8.42 Å². The van der Waals surface area contributed by atoms with Crippen molar-refractivity contribution in [2.45, 2.75) is 11.4 Å². The van der Waals surface area contributed by atoms with Crippen LogP contribution in [0.5, 0.6) is 0 Å². The summed E-state index contributed by atoms with van der Waals surface area (Å²) >= 11 is 6.03. The van der Waals surface area contributed by atoms with Gasteiger partial charge in [-0.1, -0.05) is 35.9 Å². The van der Waals surface area contributed by atoms with Crippen molar-refractivity contribution in [3.8, 4) is 11.4 Å². The summed E-state index contributed by atoms with van der Waals surface area (Å²) in [5.74, 6) is 0.764. The van der Waals surface area contributed by atoms with Crippen LogP contribution in [0.3, 0.4) is 0 Å². The highest BCUT2D eigenvalue weighted by Gasteiger charge is 2.18. The Kier molecular flexibility index (Phi) is 5.13. The van der Waals surface area contributed by atoms with E-state index in [1.54, 1.807) is 30.6 Å². The van der Waals surface area contributed by atoms with Gasteiger partial charge in [-0.2, -0.15) is 0 Å². The summed E-state index contributed by atoms with van der Waals surface area (Å²) in [6.45, 7) is 0.619. The zero-order valence-electron chi connectivity index (χ0n) is 14.8. The van der Waals surface area contributed by atoms with E-state index in [1.807, 2.05) is 41.0 Å². The molecule has 0 atom stereocenters. The summed E-state index contributed by atoms with van der Waals surface area (Å²) in [6, 6.07) is 17.9. The average molecular weight is 413 g/mol. The van der Waals surface area contributed by atoms with Gasteiger partial charge in [0.25, 0.3) is 0 Å². The zero-order valence-corrected chi connectivity index (χ0v) is 16.4. The Labute approximate surface area is 167 Å². The third kappa shape index (κ3) is 3.64. The molecule has 2 aromatic heterocycles. The zero-order chi connectivity index (χ0) is 19.6. The van der Waals surface area contributed by atoms with Gasteiger partial charge in [-0.05, 0) is 36.4 Å². The van der Waals surface area contributed by atoms with Crippen molar-refractivity contribution in [2.75, 3.05) is 6.54 Å². The van der Waals surface area contributed by atoms with Gasteiger partial charge >= 0.3 is 0 Å². The molecule has 0 radical (unpaired) electrons. The highest BCUT2D eigenvalue weighted by atomic mass is 35.5. The van der Waals surface area contributed by atoms with E-state index in [4.69, 9.17) is 16.6 Å². The van der Waals surface area contributed by atoms with Gasteiger partial charge in [0.05, 0.1) is 16.1 Å². The molecule has 28 heavy (non-hydrogen) atoms. The lowest BCUT2D eigenvalue weighted by molar-refractivity contribution is 0.575. The van der Waals surface area contributed by atoms with Crippen LogP contribution < -0.4 is 4.72 Å². The van der Waals surface area contributed by atoms with Crippen molar-refractivity contribution >= 4 is 32.7 Å². The topological polar surface area (TPSA) is 76.9 Å². The molecule has 0 fully saturated rings.